The quantitative estimate of drug-likeness (QED) is 0.512. The number of carbonyl (C=O) groups is 3. The molecule has 5 nitrogen and oxygen atoms in total. The Hall–Kier alpha value is -2.69. The van der Waals surface area contributed by atoms with Crippen LogP contribution in [0.2, 0.25) is 0 Å². The average Bonchev–Trinajstić information content (AvgIpc) is 3.17. The molecular weight excluding hydrogens is 380 g/mol. The third-order valence-electron chi connectivity index (χ3n) is 6.72. The molecule has 0 N–H and O–H groups in total. The molecule has 1 aromatic rings. The van der Waals surface area contributed by atoms with Gasteiger partial charge in [-0.05, 0) is 62.8 Å². The van der Waals surface area contributed by atoms with E-state index in [0.717, 1.165) is 22.3 Å². The Kier molecular flexibility index (Phi) is 6.02. The van der Waals surface area contributed by atoms with Gasteiger partial charge in [0.1, 0.15) is 0 Å². The molecule has 0 heterocycles. The van der Waals surface area contributed by atoms with Crippen LogP contribution in [-0.2, 0) is 29.3 Å². The molecule has 1 fully saturated rings. The molecule has 30 heavy (non-hydrogen) atoms. The molecule has 1 unspecified atom stereocenters. The smallest absolute Gasteiger partial charge is 0.324 e. The topological polar surface area (TPSA) is 69.7 Å². The Labute approximate surface area is 178 Å². The van der Waals surface area contributed by atoms with Gasteiger partial charge in [0.15, 0.2) is 11.2 Å². The summed E-state index contributed by atoms with van der Waals surface area (Å²) < 4.78 is 10.6. The lowest BCUT2D eigenvalue weighted by Crippen LogP contribution is -2.40. The van der Waals surface area contributed by atoms with E-state index in [2.05, 4.69) is 0 Å². The predicted molar refractivity (Wildman–Crippen MR) is 114 cm³/mol. The zero-order valence-electron chi connectivity index (χ0n) is 18.5. The van der Waals surface area contributed by atoms with E-state index in [4.69, 9.17) is 9.47 Å². The fraction of sp³-hybridized carbons (Fsp3) is 0.480. The van der Waals surface area contributed by atoms with Crippen LogP contribution in [0.4, 0.5) is 0 Å². The summed E-state index contributed by atoms with van der Waals surface area (Å²) in [7, 11) is 0. The van der Waals surface area contributed by atoms with Gasteiger partial charge in [-0.15, -0.1) is 0 Å². The number of benzene rings is 1. The summed E-state index contributed by atoms with van der Waals surface area (Å²) in [4.78, 5) is 39.6. The first-order valence-electron chi connectivity index (χ1n) is 10.6. The van der Waals surface area contributed by atoms with E-state index in [-0.39, 0.29) is 31.8 Å². The Morgan fingerprint density at radius 1 is 0.900 bits per heavy atom. The number of fused-ring (bicyclic) bond motifs is 1. The SMILES string of the molecule is CCOC(=O)C1(C(=O)OCC)CC2=C(C)C(=O)C(CC)(c3ccccc3)C(C)=C2C1. The molecule has 160 valence electrons. The molecule has 2 aliphatic rings. The van der Waals surface area contributed by atoms with Gasteiger partial charge in [-0.1, -0.05) is 42.8 Å². The minimum Gasteiger partial charge on any atom is -0.465 e. The molecule has 1 saturated carbocycles. The van der Waals surface area contributed by atoms with E-state index in [1.807, 2.05) is 51.1 Å². The number of carbonyl (C=O) groups excluding carboxylic acids is 3. The fourth-order valence-electron chi connectivity index (χ4n) is 5.09. The molecule has 0 saturated heterocycles. The van der Waals surface area contributed by atoms with Crippen LogP contribution in [0.3, 0.4) is 0 Å². The van der Waals surface area contributed by atoms with Crippen molar-refractivity contribution in [2.45, 2.75) is 59.3 Å². The summed E-state index contributed by atoms with van der Waals surface area (Å²) in [5.41, 5.74) is 1.96. The highest BCUT2D eigenvalue weighted by Crippen LogP contribution is 2.56. The van der Waals surface area contributed by atoms with Crippen molar-refractivity contribution >= 4 is 17.7 Å². The molecule has 5 heteroatoms. The summed E-state index contributed by atoms with van der Waals surface area (Å²) in [5, 5.41) is 0. The van der Waals surface area contributed by atoms with Gasteiger partial charge in [0.05, 0.1) is 18.6 Å². The van der Waals surface area contributed by atoms with Crippen LogP contribution in [0.5, 0.6) is 0 Å². The molecular formula is C25H30O5. The second kappa shape index (κ2) is 8.21. The second-order valence-corrected chi connectivity index (χ2v) is 8.04. The summed E-state index contributed by atoms with van der Waals surface area (Å²) in [6, 6.07) is 9.75. The zero-order valence-corrected chi connectivity index (χ0v) is 18.5. The van der Waals surface area contributed by atoms with Gasteiger partial charge in [-0.2, -0.15) is 0 Å². The molecule has 1 atom stereocenters. The van der Waals surface area contributed by atoms with E-state index >= 15 is 0 Å². The highest BCUT2D eigenvalue weighted by molar-refractivity contribution is 6.10. The highest BCUT2D eigenvalue weighted by atomic mass is 16.6. The third kappa shape index (κ3) is 3.03. The monoisotopic (exact) mass is 410 g/mol. The van der Waals surface area contributed by atoms with Gasteiger partial charge in [0.2, 0.25) is 0 Å². The van der Waals surface area contributed by atoms with Crippen LogP contribution in [0.15, 0.2) is 52.6 Å². The van der Waals surface area contributed by atoms with Crippen molar-refractivity contribution in [3.63, 3.8) is 0 Å². The van der Waals surface area contributed by atoms with Crippen LogP contribution in [0, 0.1) is 5.41 Å². The maximum atomic E-state index is 13.7. The van der Waals surface area contributed by atoms with Crippen molar-refractivity contribution in [1.82, 2.24) is 0 Å². The first kappa shape index (κ1) is 22.0. The van der Waals surface area contributed by atoms with Crippen LogP contribution >= 0.6 is 0 Å². The number of Topliss-reactive ketones (excluding diaryl/α,β-unsaturated/α-hetero) is 1. The lowest BCUT2D eigenvalue weighted by molar-refractivity contribution is -0.171. The van der Waals surface area contributed by atoms with E-state index in [1.54, 1.807) is 13.8 Å². The standard InChI is InChI=1S/C25H30O5/c1-6-25(18-12-10-9-11-13-18)17(5)20-15-24(22(27)29-7-2,23(28)30-8-3)14-19(20)16(4)21(25)26/h9-13H,6-8,14-15H2,1-5H3. The van der Waals surface area contributed by atoms with Crippen LogP contribution in [-0.4, -0.2) is 30.9 Å². The number of hydrogen-bond donors (Lipinski definition) is 0. The first-order valence-corrected chi connectivity index (χ1v) is 10.6. The van der Waals surface area contributed by atoms with E-state index in [1.165, 1.54) is 0 Å². The molecule has 0 aliphatic heterocycles. The Bertz CT molecular complexity index is 920. The zero-order chi connectivity index (χ0) is 22.1. The van der Waals surface area contributed by atoms with Gasteiger partial charge in [0, 0.05) is 6.42 Å². The average molecular weight is 411 g/mol. The molecule has 0 aromatic heterocycles. The van der Waals surface area contributed by atoms with Crippen LogP contribution in [0.1, 0.15) is 59.4 Å². The second-order valence-electron chi connectivity index (χ2n) is 8.04. The van der Waals surface area contributed by atoms with E-state index in [9.17, 15) is 14.4 Å². The maximum Gasteiger partial charge on any atom is 0.324 e. The summed E-state index contributed by atoms with van der Waals surface area (Å²) in [5.74, 6) is -1.11. The van der Waals surface area contributed by atoms with Gasteiger partial charge in [0.25, 0.3) is 0 Å². The fourth-order valence-corrected chi connectivity index (χ4v) is 5.09. The number of ketones is 1. The normalized spacial score (nSPS) is 22.8. The molecule has 1 aromatic carbocycles. The van der Waals surface area contributed by atoms with Gasteiger partial charge in [-0.25, -0.2) is 0 Å². The Balaban J connectivity index is 2.22. The largest absolute Gasteiger partial charge is 0.465 e. The van der Waals surface area contributed by atoms with Gasteiger partial charge >= 0.3 is 11.9 Å². The third-order valence-corrected chi connectivity index (χ3v) is 6.72. The van der Waals surface area contributed by atoms with Crippen LogP contribution in [0.25, 0.3) is 0 Å². The molecule has 0 radical (unpaired) electrons. The first-order chi connectivity index (χ1) is 14.3. The molecule has 0 bridgehead atoms. The number of hydrogen-bond acceptors (Lipinski definition) is 5. The van der Waals surface area contributed by atoms with Gasteiger partial charge in [-0.3, -0.25) is 14.4 Å². The summed E-state index contributed by atoms with van der Waals surface area (Å²) >= 11 is 0. The number of ether oxygens (including phenoxy) is 2. The maximum absolute atomic E-state index is 13.7. The van der Waals surface area contributed by atoms with E-state index < -0.39 is 22.8 Å². The molecule has 0 amide bonds. The molecule has 2 aliphatic carbocycles. The lowest BCUT2D eigenvalue weighted by Gasteiger charge is -2.38. The van der Waals surface area contributed by atoms with Crippen molar-refractivity contribution in [3.05, 3.63) is 58.2 Å². The van der Waals surface area contributed by atoms with E-state index in [0.29, 0.717) is 12.0 Å². The molecule has 0 spiro atoms. The van der Waals surface area contributed by atoms with Crippen molar-refractivity contribution in [3.8, 4) is 0 Å². The van der Waals surface area contributed by atoms with Gasteiger partial charge < -0.3 is 9.47 Å². The number of rotatable bonds is 6. The predicted octanol–water partition coefficient (Wildman–Crippen LogP) is 4.46. The number of esters is 2. The van der Waals surface area contributed by atoms with Crippen molar-refractivity contribution in [1.29, 1.82) is 0 Å². The minimum atomic E-state index is -1.43. The van der Waals surface area contributed by atoms with Crippen molar-refractivity contribution in [2.75, 3.05) is 13.2 Å². The Morgan fingerprint density at radius 2 is 1.43 bits per heavy atom. The van der Waals surface area contributed by atoms with Crippen molar-refractivity contribution < 1.29 is 23.9 Å². The summed E-state index contributed by atoms with van der Waals surface area (Å²) in [6.07, 6.45) is 0.941. The minimum absolute atomic E-state index is 0.0379. The highest BCUT2D eigenvalue weighted by Gasteiger charge is 2.58. The number of allylic oxidation sites excluding steroid dienone is 4. The Morgan fingerprint density at radius 3 is 1.93 bits per heavy atom. The summed E-state index contributed by atoms with van der Waals surface area (Å²) in [6.45, 7) is 9.57. The molecule has 3 rings (SSSR count). The van der Waals surface area contributed by atoms with Crippen LogP contribution < -0.4 is 0 Å². The lowest BCUT2D eigenvalue weighted by atomic mass is 9.63. The van der Waals surface area contributed by atoms with Crippen molar-refractivity contribution in [2.24, 2.45) is 5.41 Å².